The van der Waals surface area contributed by atoms with Gasteiger partial charge in [0.05, 0.1) is 12.0 Å². The van der Waals surface area contributed by atoms with Gasteiger partial charge in [-0.05, 0) is 56.6 Å². The third-order valence-corrected chi connectivity index (χ3v) is 5.70. The molecule has 0 atom stereocenters. The number of hydrogen-bond donors (Lipinski definition) is 1. The van der Waals surface area contributed by atoms with Gasteiger partial charge in [-0.1, -0.05) is 48.0 Å². The van der Waals surface area contributed by atoms with Gasteiger partial charge in [-0.15, -0.1) is 0 Å². The van der Waals surface area contributed by atoms with E-state index in [0.29, 0.717) is 43.1 Å². The molecule has 5 nitrogen and oxygen atoms in total. The maximum atomic E-state index is 12.8. The molecule has 29 heavy (non-hydrogen) atoms. The minimum atomic E-state index is -0.600. The van der Waals surface area contributed by atoms with Crippen molar-refractivity contribution < 1.29 is 14.3 Å². The van der Waals surface area contributed by atoms with E-state index in [4.69, 9.17) is 16.3 Å². The first-order chi connectivity index (χ1) is 14.0. The fraction of sp³-hybridized carbons (Fsp3) is 0.391. The van der Waals surface area contributed by atoms with Gasteiger partial charge in [0.1, 0.15) is 0 Å². The van der Waals surface area contributed by atoms with Crippen molar-refractivity contribution in [3.05, 3.63) is 65.2 Å². The molecule has 1 fully saturated rings. The number of nitrogens with one attached hydrogen (secondary N) is 1. The minimum absolute atomic E-state index is 0.0439. The van der Waals surface area contributed by atoms with Gasteiger partial charge >= 0.3 is 5.97 Å². The van der Waals surface area contributed by atoms with Crippen LogP contribution in [0, 0.1) is 0 Å². The molecule has 0 radical (unpaired) electrons. The Morgan fingerprint density at radius 1 is 1.10 bits per heavy atom. The topological polar surface area (TPSA) is 58.6 Å². The highest BCUT2D eigenvalue weighted by molar-refractivity contribution is 6.30. The summed E-state index contributed by atoms with van der Waals surface area (Å²) in [5.74, 6) is -0.192. The van der Waals surface area contributed by atoms with Crippen molar-refractivity contribution in [1.82, 2.24) is 4.90 Å². The lowest BCUT2D eigenvalue weighted by Crippen LogP contribution is -2.48. The first-order valence-corrected chi connectivity index (χ1v) is 10.4. The number of esters is 1. The van der Waals surface area contributed by atoms with Crippen molar-refractivity contribution in [3.63, 3.8) is 0 Å². The molecule has 1 aliphatic rings. The van der Waals surface area contributed by atoms with Crippen molar-refractivity contribution in [2.24, 2.45) is 0 Å². The normalized spacial score (nSPS) is 16.2. The van der Waals surface area contributed by atoms with Crippen LogP contribution in [0.15, 0.2) is 54.6 Å². The maximum Gasteiger partial charge on any atom is 0.316 e. The molecule has 3 rings (SSSR count). The number of carbonyl (C=O) groups excluding carboxylic acids is 2. The van der Waals surface area contributed by atoms with Crippen LogP contribution in [0.4, 0.5) is 5.69 Å². The fourth-order valence-corrected chi connectivity index (χ4v) is 4.04. The second-order valence-electron chi connectivity index (χ2n) is 7.32. The Balaban J connectivity index is 1.56. The Bertz CT molecular complexity index is 833. The molecular weight excluding hydrogens is 388 g/mol. The zero-order chi connectivity index (χ0) is 20.7. The molecule has 2 aromatic carbocycles. The molecule has 6 heteroatoms. The molecule has 0 bridgehead atoms. The number of nitrogens with zero attached hydrogens (tertiary/aromatic N) is 1. The molecular formula is C23H27ClN2O3. The molecule has 0 saturated carbocycles. The molecule has 0 spiro atoms. The van der Waals surface area contributed by atoms with E-state index in [2.05, 4.69) is 10.2 Å². The van der Waals surface area contributed by atoms with Crippen molar-refractivity contribution in [3.8, 4) is 0 Å². The van der Waals surface area contributed by atoms with Gasteiger partial charge in [0, 0.05) is 23.7 Å². The highest BCUT2D eigenvalue weighted by Crippen LogP contribution is 2.37. The first kappa shape index (κ1) is 21.3. The zero-order valence-electron chi connectivity index (χ0n) is 16.7. The van der Waals surface area contributed by atoms with Gasteiger partial charge < -0.3 is 15.0 Å². The molecule has 1 amide bonds. The van der Waals surface area contributed by atoms with Crippen LogP contribution < -0.4 is 5.32 Å². The summed E-state index contributed by atoms with van der Waals surface area (Å²) in [6.07, 6.45) is 1.77. The Hall–Kier alpha value is -2.37. The van der Waals surface area contributed by atoms with Crippen molar-refractivity contribution in [2.75, 3.05) is 31.6 Å². The average Bonchev–Trinajstić information content (AvgIpc) is 2.73. The summed E-state index contributed by atoms with van der Waals surface area (Å²) in [5, 5.41) is 3.47. The maximum absolute atomic E-state index is 12.8. The highest BCUT2D eigenvalue weighted by atomic mass is 35.5. The summed E-state index contributed by atoms with van der Waals surface area (Å²) in [7, 11) is 0. The number of anilines is 1. The number of benzene rings is 2. The van der Waals surface area contributed by atoms with Crippen LogP contribution in [0.2, 0.25) is 5.02 Å². The van der Waals surface area contributed by atoms with E-state index in [9.17, 15) is 9.59 Å². The van der Waals surface area contributed by atoms with Crippen molar-refractivity contribution in [2.45, 2.75) is 31.6 Å². The van der Waals surface area contributed by atoms with Crippen molar-refractivity contribution >= 4 is 29.2 Å². The van der Waals surface area contributed by atoms with Crippen LogP contribution >= 0.6 is 11.6 Å². The third-order valence-electron chi connectivity index (χ3n) is 5.47. The summed E-state index contributed by atoms with van der Waals surface area (Å²) in [4.78, 5) is 27.3. The Kier molecular flexibility index (Phi) is 7.29. The predicted molar refractivity (Wildman–Crippen MR) is 115 cm³/mol. The standard InChI is InChI=1S/C23H27ClN2O3/c1-2-29-22(28)23(18-7-4-3-5-8-18)12-15-26(16-13-23)14-11-21(27)25-20-10-6-9-19(24)17-20/h3-10,17H,2,11-16H2,1H3,(H,25,27). The summed E-state index contributed by atoms with van der Waals surface area (Å²) >= 11 is 5.96. The molecule has 1 heterocycles. The zero-order valence-corrected chi connectivity index (χ0v) is 17.5. The predicted octanol–water partition coefficient (Wildman–Crippen LogP) is 4.27. The van der Waals surface area contributed by atoms with Crippen LogP contribution in [0.5, 0.6) is 0 Å². The Morgan fingerprint density at radius 2 is 1.83 bits per heavy atom. The van der Waals surface area contributed by atoms with Crippen LogP contribution in [-0.2, 0) is 19.7 Å². The van der Waals surface area contributed by atoms with Crippen LogP contribution in [0.1, 0.15) is 31.7 Å². The lowest BCUT2D eigenvalue weighted by Gasteiger charge is -2.40. The van der Waals surface area contributed by atoms with Gasteiger partial charge in [0.2, 0.25) is 5.91 Å². The number of rotatable bonds is 7. The molecule has 154 valence electrons. The number of ether oxygens (including phenoxy) is 1. The Morgan fingerprint density at radius 3 is 2.48 bits per heavy atom. The van der Waals surface area contributed by atoms with E-state index >= 15 is 0 Å². The van der Waals surface area contributed by atoms with Gasteiger partial charge in [-0.3, -0.25) is 9.59 Å². The molecule has 0 aromatic heterocycles. The lowest BCUT2D eigenvalue weighted by molar-refractivity contribution is -0.152. The smallest absolute Gasteiger partial charge is 0.316 e. The van der Waals surface area contributed by atoms with Crippen LogP contribution in [0.3, 0.4) is 0 Å². The summed E-state index contributed by atoms with van der Waals surface area (Å²) in [6, 6.07) is 17.0. The second kappa shape index (κ2) is 9.90. The van der Waals surface area contributed by atoms with E-state index in [-0.39, 0.29) is 11.9 Å². The molecule has 1 saturated heterocycles. The molecule has 0 aliphatic carbocycles. The van der Waals surface area contributed by atoms with Crippen LogP contribution in [-0.4, -0.2) is 43.0 Å². The van der Waals surface area contributed by atoms with Gasteiger partial charge in [0.25, 0.3) is 0 Å². The van der Waals surface area contributed by atoms with E-state index in [1.165, 1.54) is 0 Å². The number of halogens is 1. The molecule has 1 aliphatic heterocycles. The Labute approximate surface area is 177 Å². The lowest BCUT2D eigenvalue weighted by atomic mass is 9.72. The van der Waals surface area contributed by atoms with E-state index in [1.54, 1.807) is 18.2 Å². The minimum Gasteiger partial charge on any atom is -0.465 e. The SMILES string of the molecule is CCOC(=O)C1(c2ccccc2)CCN(CCC(=O)Nc2cccc(Cl)c2)CC1. The molecule has 2 aromatic rings. The van der Waals surface area contributed by atoms with Gasteiger partial charge in [0.15, 0.2) is 0 Å². The highest BCUT2D eigenvalue weighted by Gasteiger charge is 2.44. The first-order valence-electron chi connectivity index (χ1n) is 10.0. The van der Waals surface area contributed by atoms with E-state index in [0.717, 1.165) is 18.7 Å². The summed E-state index contributed by atoms with van der Waals surface area (Å²) in [5.41, 5.74) is 1.11. The number of amides is 1. The second-order valence-corrected chi connectivity index (χ2v) is 7.76. The quantitative estimate of drug-likeness (QED) is 0.687. The molecule has 0 unspecified atom stereocenters. The van der Waals surface area contributed by atoms with Crippen LogP contribution in [0.25, 0.3) is 0 Å². The third kappa shape index (κ3) is 5.37. The number of carbonyl (C=O) groups is 2. The van der Waals surface area contributed by atoms with Gasteiger partial charge in [-0.25, -0.2) is 0 Å². The van der Waals surface area contributed by atoms with Crippen molar-refractivity contribution in [1.29, 1.82) is 0 Å². The number of hydrogen-bond acceptors (Lipinski definition) is 4. The average molecular weight is 415 g/mol. The van der Waals surface area contributed by atoms with Gasteiger partial charge in [-0.2, -0.15) is 0 Å². The molecule has 1 N–H and O–H groups in total. The monoisotopic (exact) mass is 414 g/mol. The largest absolute Gasteiger partial charge is 0.465 e. The fourth-order valence-electron chi connectivity index (χ4n) is 3.84. The van der Waals surface area contributed by atoms with E-state index in [1.807, 2.05) is 43.3 Å². The van der Waals surface area contributed by atoms with E-state index < -0.39 is 5.41 Å². The number of piperidine rings is 1. The summed E-state index contributed by atoms with van der Waals surface area (Å²) in [6.45, 7) is 4.36. The summed E-state index contributed by atoms with van der Waals surface area (Å²) < 4.78 is 5.42. The number of likely N-dealkylation sites (tertiary alicyclic amines) is 1.